The molecule has 3 aromatic carbocycles. The van der Waals surface area contributed by atoms with Gasteiger partial charge in [-0.15, -0.1) is 0 Å². The van der Waals surface area contributed by atoms with E-state index in [4.69, 9.17) is 5.73 Å². The molecule has 0 unspecified atom stereocenters. The van der Waals surface area contributed by atoms with Gasteiger partial charge in [0.2, 0.25) is 0 Å². The summed E-state index contributed by atoms with van der Waals surface area (Å²) in [5.41, 5.74) is 11.0. The highest BCUT2D eigenvalue weighted by atomic mass is 15.1. The van der Waals surface area contributed by atoms with Gasteiger partial charge in [0, 0.05) is 26.2 Å². The van der Waals surface area contributed by atoms with E-state index in [9.17, 15) is 0 Å². The fourth-order valence-corrected chi connectivity index (χ4v) is 3.03. The summed E-state index contributed by atoms with van der Waals surface area (Å²) in [6, 6.07) is 30.1. The van der Waals surface area contributed by atoms with Gasteiger partial charge in [-0.1, -0.05) is 84.9 Å². The van der Waals surface area contributed by atoms with Gasteiger partial charge < -0.3 is 5.73 Å². The van der Waals surface area contributed by atoms with E-state index >= 15 is 0 Å². The Bertz CT molecular complexity index is 736. The molecule has 0 saturated heterocycles. The van der Waals surface area contributed by atoms with Crippen LogP contribution < -0.4 is 5.73 Å². The fraction of sp³-hybridized carbons (Fsp3) is 0.217. The first-order chi connectivity index (χ1) is 12.3. The molecule has 0 saturated carbocycles. The number of nitrogens with two attached hydrogens (primary N) is 1. The van der Waals surface area contributed by atoms with Crippen LogP contribution in [0, 0.1) is 0 Å². The monoisotopic (exact) mass is 330 g/mol. The van der Waals surface area contributed by atoms with Crippen molar-refractivity contribution in [3.8, 4) is 0 Å². The summed E-state index contributed by atoms with van der Waals surface area (Å²) in [5, 5.41) is 0. The van der Waals surface area contributed by atoms with Gasteiger partial charge in [-0.3, -0.25) is 4.90 Å². The zero-order valence-electron chi connectivity index (χ0n) is 14.6. The molecule has 0 atom stereocenters. The molecule has 2 nitrogen and oxygen atoms in total. The van der Waals surface area contributed by atoms with Crippen molar-refractivity contribution in [1.29, 1.82) is 0 Å². The van der Waals surface area contributed by atoms with Crippen LogP contribution in [0.15, 0.2) is 84.9 Å². The van der Waals surface area contributed by atoms with Gasteiger partial charge in [-0.05, 0) is 28.7 Å². The molecule has 0 radical (unpaired) electrons. The van der Waals surface area contributed by atoms with E-state index in [0.717, 1.165) is 26.1 Å². The Morgan fingerprint density at radius 1 is 0.560 bits per heavy atom. The Balaban J connectivity index is 1.68. The second-order valence-corrected chi connectivity index (χ2v) is 6.45. The lowest BCUT2D eigenvalue weighted by Crippen LogP contribution is -2.25. The maximum absolute atomic E-state index is 5.71. The van der Waals surface area contributed by atoms with E-state index in [1.54, 1.807) is 0 Å². The van der Waals surface area contributed by atoms with E-state index in [-0.39, 0.29) is 0 Å². The highest BCUT2D eigenvalue weighted by Crippen LogP contribution is 2.12. The van der Waals surface area contributed by atoms with Crippen molar-refractivity contribution in [1.82, 2.24) is 4.90 Å². The van der Waals surface area contributed by atoms with Gasteiger partial charge in [-0.2, -0.15) is 0 Å². The van der Waals surface area contributed by atoms with Crippen LogP contribution in [0.1, 0.15) is 22.3 Å². The highest BCUT2D eigenvalue weighted by Gasteiger charge is 2.08. The van der Waals surface area contributed by atoms with Gasteiger partial charge in [0.1, 0.15) is 0 Å². The maximum Gasteiger partial charge on any atom is 0.0237 e. The molecule has 2 N–H and O–H groups in total. The minimum atomic E-state index is 0.599. The van der Waals surface area contributed by atoms with E-state index < -0.39 is 0 Å². The fourth-order valence-electron chi connectivity index (χ4n) is 3.03. The van der Waals surface area contributed by atoms with Crippen molar-refractivity contribution >= 4 is 0 Å². The van der Waals surface area contributed by atoms with Crippen molar-refractivity contribution in [2.75, 3.05) is 6.54 Å². The number of nitrogens with zero attached hydrogens (tertiary/aromatic N) is 1. The summed E-state index contributed by atoms with van der Waals surface area (Å²) in [5.74, 6) is 0. The lowest BCUT2D eigenvalue weighted by Gasteiger charge is -2.23. The molecule has 2 heteroatoms. The van der Waals surface area contributed by atoms with Crippen LogP contribution in [-0.2, 0) is 26.1 Å². The first-order valence-electron chi connectivity index (χ1n) is 8.91. The molecular formula is C23H26N2. The van der Waals surface area contributed by atoms with E-state index in [2.05, 4.69) is 89.8 Å². The third kappa shape index (κ3) is 5.56. The number of hydrogen-bond acceptors (Lipinski definition) is 2. The molecule has 0 aromatic heterocycles. The molecule has 0 aliphatic carbocycles. The topological polar surface area (TPSA) is 29.3 Å². The lowest BCUT2D eigenvalue weighted by atomic mass is 10.1. The van der Waals surface area contributed by atoms with Crippen LogP contribution in [0.2, 0.25) is 0 Å². The molecule has 0 fully saturated rings. The van der Waals surface area contributed by atoms with Gasteiger partial charge in [0.15, 0.2) is 0 Å². The van der Waals surface area contributed by atoms with E-state index in [1.165, 1.54) is 22.3 Å². The van der Waals surface area contributed by atoms with Gasteiger partial charge >= 0.3 is 0 Å². The molecule has 0 heterocycles. The average Bonchev–Trinajstić information content (AvgIpc) is 2.68. The van der Waals surface area contributed by atoms with Crippen molar-refractivity contribution in [2.45, 2.75) is 26.1 Å². The summed E-state index contributed by atoms with van der Waals surface area (Å²) in [7, 11) is 0. The van der Waals surface area contributed by atoms with Gasteiger partial charge in [0.25, 0.3) is 0 Å². The summed E-state index contributed by atoms with van der Waals surface area (Å²) in [6.45, 7) is 3.55. The zero-order valence-corrected chi connectivity index (χ0v) is 14.6. The Labute approximate surface area is 150 Å². The predicted octanol–water partition coefficient (Wildman–Crippen LogP) is 4.39. The Kier molecular flexibility index (Phi) is 6.38. The van der Waals surface area contributed by atoms with Crippen molar-refractivity contribution in [3.05, 3.63) is 107 Å². The van der Waals surface area contributed by atoms with Crippen molar-refractivity contribution in [3.63, 3.8) is 0 Å². The molecular weight excluding hydrogens is 304 g/mol. The average molecular weight is 330 g/mol. The first-order valence-corrected chi connectivity index (χ1v) is 8.91. The van der Waals surface area contributed by atoms with Crippen LogP contribution in [0.25, 0.3) is 0 Å². The third-order valence-corrected chi connectivity index (χ3v) is 4.47. The normalized spacial score (nSPS) is 11.0. The lowest BCUT2D eigenvalue weighted by molar-refractivity contribution is 0.260. The first kappa shape index (κ1) is 17.4. The summed E-state index contributed by atoms with van der Waals surface area (Å²) in [4.78, 5) is 2.51. The molecule has 0 aliphatic rings. The molecule has 128 valence electrons. The maximum atomic E-state index is 5.71. The summed E-state index contributed by atoms with van der Waals surface area (Å²) < 4.78 is 0. The second kappa shape index (κ2) is 9.16. The molecule has 0 aliphatic heterocycles. The second-order valence-electron chi connectivity index (χ2n) is 6.45. The van der Waals surface area contributed by atoms with Crippen LogP contribution in [0.3, 0.4) is 0 Å². The standard InChI is InChI=1S/C23H26N2/c24-17-21-11-13-23(14-12-21)19-25(18-22-9-5-2-6-10-22)16-15-20-7-3-1-4-8-20/h1-14H,15-19,24H2. The highest BCUT2D eigenvalue weighted by molar-refractivity contribution is 5.23. The van der Waals surface area contributed by atoms with Crippen LogP contribution in [0.4, 0.5) is 0 Å². The zero-order chi connectivity index (χ0) is 17.3. The van der Waals surface area contributed by atoms with Crippen molar-refractivity contribution in [2.24, 2.45) is 5.73 Å². The summed E-state index contributed by atoms with van der Waals surface area (Å²) >= 11 is 0. The summed E-state index contributed by atoms with van der Waals surface area (Å²) in [6.07, 6.45) is 1.06. The molecule has 0 amide bonds. The van der Waals surface area contributed by atoms with Gasteiger partial charge in [-0.25, -0.2) is 0 Å². The van der Waals surface area contributed by atoms with Crippen LogP contribution in [0.5, 0.6) is 0 Å². The smallest absolute Gasteiger partial charge is 0.0237 e. The number of benzene rings is 3. The SMILES string of the molecule is NCc1ccc(CN(CCc2ccccc2)Cc2ccccc2)cc1. The molecule has 0 bridgehead atoms. The number of hydrogen-bond donors (Lipinski definition) is 1. The largest absolute Gasteiger partial charge is 0.326 e. The number of rotatable bonds is 8. The van der Waals surface area contributed by atoms with E-state index in [1.807, 2.05) is 0 Å². The van der Waals surface area contributed by atoms with Crippen LogP contribution >= 0.6 is 0 Å². The molecule has 3 rings (SSSR count). The van der Waals surface area contributed by atoms with E-state index in [0.29, 0.717) is 6.54 Å². The molecule has 0 spiro atoms. The Morgan fingerprint density at radius 3 is 1.60 bits per heavy atom. The van der Waals surface area contributed by atoms with Gasteiger partial charge in [0.05, 0.1) is 0 Å². The quantitative estimate of drug-likeness (QED) is 0.664. The van der Waals surface area contributed by atoms with Crippen LogP contribution in [-0.4, -0.2) is 11.4 Å². The minimum absolute atomic E-state index is 0.599. The minimum Gasteiger partial charge on any atom is -0.326 e. The third-order valence-electron chi connectivity index (χ3n) is 4.47. The predicted molar refractivity (Wildman–Crippen MR) is 105 cm³/mol. The Hall–Kier alpha value is -2.42. The van der Waals surface area contributed by atoms with Crippen molar-refractivity contribution < 1.29 is 0 Å². The Morgan fingerprint density at radius 2 is 1.04 bits per heavy atom. The molecule has 3 aromatic rings. The molecule has 25 heavy (non-hydrogen) atoms.